The van der Waals surface area contributed by atoms with Crippen LogP contribution in [0.1, 0.15) is 85.6 Å². The van der Waals surface area contributed by atoms with Crippen molar-refractivity contribution < 1.29 is 4.84 Å². The average Bonchev–Trinajstić information content (AvgIpc) is 2.70. The Balaban J connectivity index is 2.22. The summed E-state index contributed by atoms with van der Waals surface area (Å²) in [6.45, 7) is 14.2. The Bertz CT molecular complexity index is 730. The van der Waals surface area contributed by atoms with Gasteiger partial charge in [-0.15, -0.1) is 11.5 Å². The highest BCUT2D eigenvalue weighted by Gasteiger charge is 2.41. The van der Waals surface area contributed by atoms with E-state index in [2.05, 4.69) is 98.4 Å². The van der Waals surface area contributed by atoms with E-state index in [4.69, 9.17) is 4.84 Å². The van der Waals surface area contributed by atoms with E-state index in [-0.39, 0.29) is 6.10 Å². The van der Waals surface area contributed by atoms with Gasteiger partial charge in [-0.3, -0.25) is 0 Å². The second-order valence-corrected chi connectivity index (χ2v) is 16.1. The van der Waals surface area contributed by atoms with E-state index in [0.29, 0.717) is 16.6 Å². The quantitative estimate of drug-likeness (QED) is 0.204. The maximum atomic E-state index is 6.12. The van der Waals surface area contributed by atoms with Crippen LogP contribution in [-0.2, 0) is 11.3 Å². The van der Waals surface area contributed by atoms with Gasteiger partial charge < -0.3 is 4.84 Å². The highest BCUT2D eigenvalue weighted by molar-refractivity contribution is 9.10. The molecule has 4 heteroatoms. The van der Waals surface area contributed by atoms with Gasteiger partial charge in [0.1, 0.15) is 14.2 Å². The molecule has 1 unspecified atom stereocenters. The molecule has 1 atom stereocenters. The molecule has 0 N–H and O–H groups in total. The zero-order chi connectivity index (χ0) is 22.1. The third-order valence-electron chi connectivity index (χ3n) is 6.67. The third kappa shape index (κ3) is 6.72. The van der Waals surface area contributed by atoms with E-state index < -0.39 is 8.07 Å². The predicted octanol–water partition coefficient (Wildman–Crippen LogP) is 8.31. The van der Waals surface area contributed by atoms with Crippen molar-refractivity contribution in [3.8, 4) is 11.5 Å². The molecule has 1 aromatic rings. The topological polar surface area (TPSA) is 21.6 Å². The van der Waals surface area contributed by atoms with Gasteiger partial charge in [-0.05, 0) is 53.9 Å². The van der Waals surface area contributed by atoms with Crippen molar-refractivity contribution in [1.29, 1.82) is 0 Å². The number of hydrogen-bond donors (Lipinski definition) is 0. The lowest BCUT2D eigenvalue weighted by Gasteiger charge is -2.38. The molecule has 2 nitrogen and oxygen atoms in total. The van der Waals surface area contributed by atoms with Crippen LogP contribution in [0.25, 0.3) is 0 Å². The monoisotopic (exact) mass is 489 g/mol. The first-order chi connectivity index (χ1) is 14.3. The lowest BCUT2D eigenvalue weighted by Crippen LogP contribution is -2.43. The first-order valence-electron chi connectivity index (χ1n) is 11.7. The molecule has 0 heterocycles. The van der Waals surface area contributed by atoms with E-state index in [1.807, 2.05) is 0 Å². The van der Waals surface area contributed by atoms with Crippen LogP contribution in [-0.4, -0.2) is 19.9 Å². The summed E-state index contributed by atoms with van der Waals surface area (Å²) in [4.78, 5) is 6.12. The van der Waals surface area contributed by atoms with Crippen LogP contribution in [0.5, 0.6) is 0 Å². The fourth-order valence-corrected chi connectivity index (χ4v) is 10.7. The predicted molar refractivity (Wildman–Crippen MR) is 137 cm³/mol. The van der Waals surface area contributed by atoms with Gasteiger partial charge in [0.25, 0.3) is 0 Å². The van der Waals surface area contributed by atoms with Gasteiger partial charge in [0.2, 0.25) is 0 Å². The van der Waals surface area contributed by atoms with Crippen molar-refractivity contribution in [2.45, 2.75) is 109 Å². The van der Waals surface area contributed by atoms with Crippen molar-refractivity contribution >= 4 is 29.7 Å². The van der Waals surface area contributed by atoms with Crippen molar-refractivity contribution in [2.75, 3.05) is 0 Å². The zero-order valence-corrected chi connectivity index (χ0v) is 22.4. The smallest absolute Gasteiger partial charge is 0.145 e. The molecular weight excluding hydrogens is 450 g/mol. The van der Waals surface area contributed by atoms with E-state index in [9.17, 15) is 0 Å². The van der Waals surface area contributed by atoms with Gasteiger partial charge in [0, 0.05) is 17.3 Å². The Morgan fingerprint density at radius 3 is 2.13 bits per heavy atom. The van der Waals surface area contributed by atoms with Gasteiger partial charge in [-0.1, -0.05) is 87.2 Å². The van der Waals surface area contributed by atoms with Crippen molar-refractivity contribution in [3.05, 3.63) is 34.3 Å². The molecule has 2 rings (SSSR count). The van der Waals surface area contributed by atoms with Crippen LogP contribution >= 0.6 is 15.9 Å². The average molecular weight is 491 g/mol. The van der Waals surface area contributed by atoms with E-state index in [1.165, 1.54) is 30.5 Å². The SMILES string of the molecule is CC(C)[Si](C#CCC(Cc1ccccc1Br)ON=C1CCCCC1)(C(C)C)C(C)C. The zero-order valence-electron chi connectivity index (χ0n) is 19.8. The molecule has 0 spiro atoms. The fraction of sp³-hybridized carbons (Fsp3) is 0.654. The maximum Gasteiger partial charge on any atom is 0.145 e. The van der Waals surface area contributed by atoms with Gasteiger partial charge in [0.15, 0.2) is 0 Å². The molecule has 30 heavy (non-hydrogen) atoms. The largest absolute Gasteiger partial charge is 0.391 e. The lowest BCUT2D eigenvalue weighted by atomic mass is 9.99. The molecular formula is C26H40BrNOSi. The molecule has 1 aliphatic carbocycles. The van der Waals surface area contributed by atoms with Crippen molar-refractivity contribution in [1.82, 2.24) is 0 Å². The fourth-order valence-electron chi connectivity index (χ4n) is 5.01. The molecule has 1 fully saturated rings. The molecule has 1 saturated carbocycles. The lowest BCUT2D eigenvalue weighted by molar-refractivity contribution is 0.0616. The van der Waals surface area contributed by atoms with Gasteiger partial charge in [-0.25, -0.2) is 0 Å². The summed E-state index contributed by atoms with van der Waals surface area (Å²) in [5.41, 5.74) is 8.28. The van der Waals surface area contributed by atoms with Crippen molar-refractivity contribution in [2.24, 2.45) is 5.16 Å². The van der Waals surface area contributed by atoms with Crippen LogP contribution in [0.2, 0.25) is 16.6 Å². The first kappa shape index (κ1) is 25.2. The van der Waals surface area contributed by atoms with Crippen LogP contribution in [0, 0.1) is 11.5 Å². The summed E-state index contributed by atoms with van der Waals surface area (Å²) in [6, 6.07) is 8.40. The van der Waals surface area contributed by atoms with Gasteiger partial charge in [-0.2, -0.15) is 0 Å². The first-order valence-corrected chi connectivity index (χ1v) is 14.7. The van der Waals surface area contributed by atoms with Crippen molar-refractivity contribution in [3.63, 3.8) is 0 Å². The number of hydrogen-bond acceptors (Lipinski definition) is 2. The third-order valence-corrected chi connectivity index (χ3v) is 13.8. The second-order valence-electron chi connectivity index (χ2n) is 9.64. The minimum absolute atomic E-state index is 0.0104. The Morgan fingerprint density at radius 1 is 0.967 bits per heavy atom. The minimum Gasteiger partial charge on any atom is -0.391 e. The van der Waals surface area contributed by atoms with Crippen LogP contribution in [0.4, 0.5) is 0 Å². The summed E-state index contributed by atoms with van der Waals surface area (Å²) < 4.78 is 1.13. The highest BCUT2D eigenvalue weighted by Crippen LogP contribution is 2.40. The summed E-state index contributed by atoms with van der Waals surface area (Å²) in [6.07, 6.45) is 7.51. The summed E-state index contributed by atoms with van der Waals surface area (Å²) in [5.74, 6) is 3.60. The molecule has 1 aliphatic rings. The summed E-state index contributed by atoms with van der Waals surface area (Å²) in [7, 11) is -1.71. The molecule has 0 amide bonds. The minimum atomic E-state index is -1.71. The number of benzene rings is 1. The van der Waals surface area contributed by atoms with E-state index in [0.717, 1.165) is 30.2 Å². The van der Waals surface area contributed by atoms with Crippen LogP contribution < -0.4 is 0 Å². The number of halogens is 1. The van der Waals surface area contributed by atoms with Gasteiger partial charge >= 0.3 is 0 Å². The maximum absolute atomic E-state index is 6.12. The summed E-state index contributed by atoms with van der Waals surface area (Å²) >= 11 is 3.69. The van der Waals surface area contributed by atoms with Crippen LogP contribution in [0.3, 0.4) is 0 Å². The van der Waals surface area contributed by atoms with Crippen LogP contribution in [0.15, 0.2) is 33.9 Å². The number of nitrogens with zero attached hydrogens (tertiary/aromatic N) is 1. The molecule has 0 radical (unpaired) electrons. The number of oxime groups is 1. The molecule has 0 aliphatic heterocycles. The Hall–Kier alpha value is -1.05. The Morgan fingerprint density at radius 2 is 1.57 bits per heavy atom. The van der Waals surface area contributed by atoms with E-state index >= 15 is 0 Å². The molecule has 0 saturated heterocycles. The highest BCUT2D eigenvalue weighted by atomic mass is 79.9. The molecule has 1 aromatic carbocycles. The second kappa shape index (κ2) is 12.1. The van der Waals surface area contributed by atoms with Gasteiger partial charge in [0.05, 0.1) is 5.71 Å². The Labute approximate surface area is 194 Å². The number of rotatable bonds is 8. The molecule has 0 bridgehead atoms. The van der Waals surface area contributed by atoms with E-state index in [1.54, 1.807) is 0 Å². The normalized spacial score (nSPS) is 15.9. The molecule has 166 valence electrons. The molecule has 0 aromatic heterocycles. The summed E-state index contributed by atoms with van der Waals surface area (Å²) in [5, 5.41) is 4.57. The Kier molecular flexibility index (Phi) is 10.2. The standard InChI is InChI=1S/C26H40BrNOSi/c1-20(2)30(21(3)4,22(5)6)18-12-16-25(19-23-13-10-11-17-26(23)27)29-28-24-14-8-7-9-15-24/h10-11,13,17,20-22,25H,7-9,14-16,19H2,1-6H3.